The summed E-state index contributed by atoms with van der Waals surface area (Å²) in [4.78, 5) is 0. The third kappa shape index (κ3) is 1.04. The first-order valence-corrected chi connectivity index (χ1v) is 6.31. The molecule has 1 aromatic rings. The van der Waals surface area contributed by atoms with E-state index in [0.717, 1.165) is 25.6 Å². The van der Waals surface area contributed by atoms with Gasteiger partial charge in [-0.15, -0.1) is 0 Å². The lowest BCUT2D eigenvalue weighted by atomic mass is 9.62. The van der Waals surface area contributed by atoms with Gasteiger partial charge in [0.1, 0.15) is 0 Å². The molecule has 0 aromatic heterocycles. The van der Waals surface area contributed by atoms with Crippen molar-refractivity contribution in [3.8, 4) is 0 Å². The Labute approximate surface area is 96.0 Å². The maximum atomic E-state index is 5.92. The lowest BCUT2D eigenvalue weighted by Gasteiger charge is -2.50. The van der Waals surface area contributed by atoms with E-state index in [1.807, 2.05) is 0 Å². The molecule has 2 atom stereocenters. The molecule has 0 amide bonds. The number of hydrogen-bond acceptors (Lipinski definition) is 2. The maximum absolute atomic E-state index is 5.92. The standard InChI is InChI=1S/C14H17NO/c1-2-4-12-11(3-1)13-10(5-6-16-13)7-14(12)8-15-9-14/h1-4,10,13,15H,5-9H2. The van der Waals surface area contributed by atoms with Gasteiger partial charge >= 0.3 is 0 Å². The van der Waals surface area contributed by atoms with Gasteiger partial charge in [0.2, 0.25) is 0 Å². The lowest BCUT2D eigenvalue weighted by molar-refractivity contribution is 0.0596. The molecule has 1 aliphatic carbocycles. The van der Waals surface area contributed by atoms with Crippen LogP contribution < -0.4 is 5.32 Å². The summed E-state index contributed by atoms with van der Waals surface area (Å²) in [5, 5.41) is 3.45. The Morgan fingerprint density at radius 1 is 1.25 bits per heavy atom. The first-order valence-electron chi connectivity index (χ1n) is 6.31. The molecule has 16 heavy (non-hydrogen) atoms. The molecule has 2 saturated heterocycles. The van der Waals surface area contributed by atoms with Crippen LogP contribution in [0.2, 0.25) is 0 Å². The zero-order chi connectivity index (χ0) is 10.6. The van der Waals surface area contributed by atoms with Crippen LogP contribution in [-0.4, -0.2) is 19.7 Å². The quantitative estimate of drug-likeness (QED) is 0.715. The molecular formula is C14H17NO. The Morgan fingerprint density at radius 2 is 2.12 bits per heavy atom. The van der Waals surface area contributed by atoms with Crippen molar-refractivity contribution >= 4 is 0 Å². The molecule has 0 bridgehead atoms. The van der Waals surface area contributed by atoms with E-state index in [0.29, 0.717) is 11.5 Å². The Bertz CT molecular complexity index is 424. The number of nitrogens with one attached hydrogen (secondary N) is 1. The van der Waals surface area contributed by atoms with Crippen molar-refractivity contribution in [1.82, 2.24) is 5.32 Å². The third-order valence-corrected chi connectivity index (χ3v) is 4.63. The molecule has 0 radical (unpaired) electrons. The van der Waals surface area contributed by atoms with Crippen molar-refractivity contribution < 1.29 is 4.74 Å². The highest BCUT2D eigenvalue weighted by atomic mass is 16.5. The fourth-order valence-corrected chi connectivity index (χ4v) is 3.79. The van der Waals surface area contributed by atoms with Crippen LogP contribution in [0.15, 0.2) is 24.3 Å². The molecular weight excluding hydrogens is 198 g/mol. The molecule has 1 spiro atoms. The maximum Gasteiger partial charge on any atom is 0.0857 e. The molecule has 3 aliphatic rings. The van der Waals surface area contributed by atoms with Crippen LogP contribution in [-0.2, 0) is 10.2 Å². The Balaban J connectivity index is 1.88. The molecule has 2 heterocycles. The summed E-state index contributed by atoms with van der Waals surface area (Å²) in [7, 11) is 0. The minimum absolute atomic E-state index is 0.391. The van der Waals surface area contributed by atoms with Crippen molar-refractivity contribution in [2.45, 2.75) is 24.4 Å². The van der Waals surface area contributed by atoms with Crippen LogP contribution in [0.3, 0.4) is 0 Å². The van der Waals surface area contributed by atoms with Crippen LogP contribution in [0.25, 0.3) is 0 Å². The van der Waals surface area contributed by atoms with Crippen molar-refractivity contribution in [1.29, 1.82) is 0 Å². The Kier molecular flexibility index (Phi) is 1.77. The first kappa shape index (κ1) is 9.20. The predicted molar refractivity (Wildman–Crippen MR) is 62.4 cm³/mol. The van der Waals surface area contributed by atoms with Crippen LogP contribution >= 0.6 is 0 Å². The van der Waals surface area contributed by atoms with E-state index >= 15 is 0 Å². The van der Waals surface area contributed by atoms with E-state index in [2.05, 4.69) is 29.6 Å². The molecule has 4 rings (SSSR count). The van der Waals surface area contributed by atoms with Gasteiger partial charge in [0.25, 0.3) is 0 Å². The van der Waals surface area contributed by atoms with E-state index < -0.39 is 0 Å². The van der Waals surface area contributed by atoms with Crippen LogP contribution in [0, 0.1) is 5.92 Å². The predicted octanol–water partition coefficient (Wildman–Crippen LogP) is 2.01. The molecule has 84 valence electrons. The summed E-state index contributed by atoms with van der Waals surface area (Å²) in [5.41, 5.74) is 3.46. The van der Waals surface area contributed by atoms with E-state index in [9.17, 15) is 0 Å². The Hall–Kier alpha value is -0.860. The Morgan fingerprint density at radius 3 is 2.94 bits per heavy atom. The van der Waals surface area contributed by atoms with Crippen molar-refractivity contribution in [3.63, 3.8) is 0 Å². The van der Waals surface area contributed by atoms with E-state index in [1.165, 1.54) is 18.4 Å². The largest absolute Gasteiger partial charge is 0.373 e. The molecule has 1 aromatic carbocycles. The lowest BCUT2D eigenvalue weighted by Crippen LogP contribution is -2.59. The molecule has 2 aliphatic heterocycles. The number of benzene rings is 1. The zero-order valence-corrected chi connectivity index (χ0v) is 9.41. The number of rotatable bonds is 0. The monoisotopic (exact) mass is 215 g/mol. The minimum Gasteiger partial charge on any atom is -0.373 e. The van der Waals surface area contributed by atoms with E-state index in [1.54, 1.807) is 5.56 Å². The summed E-state index contributed by atoms with van der Waals surface area (Å²) in [6, 6.07) is 8.92. The van der Waals surface area contributed by atoms with Gasteiger partial charge in [0, 0.05) is 25.1 Å². The van der Waals surface area contributed by atoms with E-state index in [-0.39, 0.29) is 0 Å². The normalized spacial score (nSPS) is 34.2. The fourth-order valence-electron chi connectivity index (χ4n) is 3.79. The van der Waals surface area contributed by atoms with Crippen LogP contribution in [0.4, 0.5) is 0 Å². The second-order valence-electron chi connectivity index (χ2n) is 5.52. The number of hydrogen-bond donors (Lipinski definition) is 1. The molecule has 2 fully saturated rings. The van der Waals surface area contributed by atoms with Gasteiger partial charge < -0.3 is 10.1 Å². The number of fused-ring (bicyclic) bond motifs is 4. The average Bonchev–Trinajstić information content (AvgIpc) is 2.73. The molecule has 1 N–H and O–H groups in total. The minimum atomic E-state index is 0.391. The summed E-state index contributed by atoms with van der Waals surface area (Å²) < 4.78 is 5.92. The SMILES string of the molecule is c1ccc2c(c1)C1OCCC1CC21CNC1. The zero-order valence-electron chi connectivity index (χ0n) is 9.41. The van der Waals surface area contributed by atoms with Gasteiger partial charge in [0.15, 0.2) is 0 Å². The van der Waals surface area contributed by atoms with Crippen molar-refractivity contribution in [2.75, 3.05) is 19.7 Å². The van der Waals surface area contributed by atoms with Gasteiger partial charge in [-0.3, -0.25) is 0 Å². The summed E-state index contributed by atoms with van der Waals surface area (Å²) >= 11 is 0. The summed E-state index contributed by atoms with van der Waals surface area (Å²) in [6.45, 7) is 3.27. The smallest absolute Gasteiger partial charge is 0.0857 e. The second-order valence-corrected chi connectivity index (χ2v) is 5.52. The summed E-state index contributed by atoms with van der Waals surface area (Å²) in [5.74, 6) is 0.761. The highest BCUT2D eigenvalue weighted by Gasteiger charge is 2.49. The van der Waals surface area contributed by atoms with Gasteiger partial charge in [-0.25, -0.2) is 0 Å². The van der Waals surface area contributed by atoms with Gasteiger partial charge in [0.05, 0.1) is 6.10 Å². The molecule has 2 heteroatoms. The van der Waals surface area contributed by atoms with Gasteiger partial charge in [-0.05, 0) is 29.9 Å². The highest BCUT2D eigenvalue weighted by Crippen LogP contribution is 2.51. The first-order chi connectivity index (χ1) is 7.89. The molecule has 2 nitrogen and oxygen atoms in total. The second kappa shape index (κ2) is 3.08. The average molecular weight is 215 g/mol. The molecule has 0 saturated carbocycles. The third-order valence-electron chi connectivity index (χ3n) is 4.63. The van der Waals surface area contributed by atoms with Crippen molar-refractivity contribution in [2.24, 2.45) is 5.92 Å². The highest BCUT2D eigenvalue weighted by molar-refractivity contribution is 5.42. The van der Waals surface area contributed by atoms with Crippen LogP contribution in [0.1, 0.15) is 30.1 Å². The molecule has 2 unspecified atom stereocenters. The van der Waals surface area contributed by atoms with Gasteiger partial charge in [-0.2, -0.15) is 0 Å². The summed E-state index contributed by atoms with van der Waals surface area (Å²) in [6.07, 6.45) is 2.96. The van der Waals surface area contributed by atoms with Crippen molar-refractivity contribution in [3.05, 3.63) is 35.4 Å². The van der Waals surface area contributed by atoms with Gasteiger partial charge in [-0.1, -0.05) is 24.3 Å². The fraction of sp³-hybridized carbons (Fsp3) is 0.571. The van der Waals surface area contributed by atoms with Crippen LogP contribution in [0.5, 0.6) is 0 Å². The topological polar surface area (TPSA) is 21.3 Å². The van der Waals surface area contributed by atoms with E-state index in [4.69, 9.17) is 4.74 Å². The number of ether oxygens (including phenoxy) is 1.